The van der Waals surface area contributed by atoms with Gasteiger partial charge in [-0.1, -0.05) is 12.1 Å². The van der Waals surface area contributed by atoms with Crippen LogP contribution in [-0.2, 0) is 0 Å². The molecular formula is C11H8BrF3N4. The average Bonchev–Trinajstić information content (AvgIpc) is 2.76. The normalized spacial score (nSPS) is 14.1. The van der Waals surface area contributed by atoms with E-state index in [1.165, 1.54) is 0 Å². The van der Waals surface area contributed by atoms with Crippen LogP contribution in [0.5, 0.6) is 0 Å². The number of nitrogens with zero attached hydrogens (tertiary/aromatic N) is 2. The van der Waals surface area contributed by atoms with Crippen LogP contribution in [-0.4, -0.2) is 22.4 Å². The number of aliphatic imine (C=N–C) groups is 1. The fourth-order valence-electron chi connectivity index (χ4n) is 1.32. The van der Waals surface area contributed by atoms with Crippen molar-refractivity contribution in [1.29, 1.82) is 0 Å². The first kappa shape index (κ1) is 13.6. The highest BCUT2D eigenvalue weighted by molar-refractivity contribution is 9.12. The van der Waals surface area contributed by atoms with Crippen LogP contribution in [0, 0.1) is 0 Å². The largest absolute Gasteiger partial charge is 0.431 e. The first-order valence-corrected chi connectivity index (χ1v) is 5.88. The molecule has 19 heavy (non-hydrogen) atoms. The van der Waals surface area contributed by atoms with E-state index in [2.05, 4.69) is 30.9 Å². The molecule has 4 nitrogen and oxygen atoms in total. The van der Waals surface area contributed by atoms with E-state index in [1.807, 2.05) is 6.07 Å². The van der Waals surface area contributed by atoms with Crippen molar-refractivity contribution in [3.8, 4) is 0 Å². The molecule has 0 saturated heterocycles. The molecule has 1 heterocycles. The van der Waals surface area contributed by atoms with Crippen molar-refractivity contribution in [3.05, 3.63) is 34.4 Å². The lowest BCUT2D eigenvalue weighted by Gasteiger charge is -2.06. The van der Waals surface area contributed by atoms with E-state index in [0.717, 1.165) is 11.7 Å². The molecule has 2 aromatic rings. The van der Waals surface area contributed by atoms with E-state index < -0.39 is 11.9 Å². The fourth-order valence-corrected chi connectivity index (χ4v) is 1.65. The van der Waals surface area contributed by atoms with Gasteiger partial charge in [0.05, 0.1) is 15.5 Å². The van der Waals surface area contributed by atoms with Crippen molar-refractivity contribution in [2.75, 3.05) is 0 Å². The topological polar surface area (TPSA) is 67.1 Å². The Hall–Kier alpha value is -1.83. The van der Waals surface area contributed by atoms with Crippen LogP contribution in [0.15, 0.2) is 39.4 Å². The number of imidazole rings is 1. The van der Waals surface area contributed by atoms with Gasteiger partial charge in [-0.2, -0.15) is 13.2 Å². The van der Waals surface area contributed by atoms with Crippen molar-refractivity contribution in [2.24, 2.45) is 10.7 Å². The number of aromatic nitrogens is 2. The zero-order chi connectivity index (χ0) is 14.0. The minimum absolute atomic E-state index is 0.202. The van der Waals surface area contributed by atoms with Crippen molar-refractivity contribution in [2.45, 2.75) is 6.18 Å². The molecule has 0 saturated carbocycles. The molecule has 0 aliphatic rings. The Kier molecular flexibility index (Phi) is 3.61. The number of rotatable bonds is 2. The van der Waals surface area contributed by atoms with Gasteiger partial charge in [-0.3, -0.25) is 0 Å². The molecule has 0 fully saturated rings. The molecule has 0 amide bonds. The summed E-state index contributed by atoms with van der Waals surface area (Å²) in [7, 11) is 0. The molecule has 0 atom stereocenters. The van der Waals surface area contributed by atoms with Gasteiger partial charge >= 0.3 is 6.18 Å². The van der Waals surface area contributed by atoms with E-state index in [4.69, 9.17) is 5.73 Å². The van der Waals surface area contributed by atoms with Gasteiger partial charge in [-0.25, -0.2) is 9.98 Å². The van der Waals surface area contributed by atoms with E-state index in [-0.39, 0.29) is 10.4 Å². The molecule has 0 radical (unpaired) electrons. The third kappa shape index (κ3) is 3.14. The lowest BCUT2D eigenvalue weighted by molar-refractivity contribution is -0.0926. The summed E-state index contributed by atoms with van der Waals surface area (Å²) in [6.45, 7) is 0. The summed E-state index contributed by atoms with van der Waals surface area (Å²) in [6, 6.07) is 7.16. The predicted molar refractivity (Wildman–Crippen MR) is 70.4 cm³/mol. The van der Waals surface area contributed by atoms with Gasteiger partial charge in [-0.15, -0.1) is 0 Å². The fraction of sp³-hybridized carbons (Fsp3) is 0.0909. The van der Waals surface area contributed by atoms with Gasteiger partial charge < -0.3 is 10.7 Å². The molecule has 100 valence electrons. The highest BCUT2D eigenvalue weighted by atomic mass is 79.9. The van der Waals surface area contributed by atoms with Gasteiger partial charge in [0.15, 0.2) is 0 Å². The van der Waals surface area contributed by atoms with Crippen LogP contribution in [0.25, 0.3) is 11.0 Å². The van der Waals surface area contributed by atoms with Gasteiger partial charge in [0, 0.05) is 6.21 Å². The van der Waals surface area contributed by atoms with Crippen LogP contribution in [0.1, 0.15) is 0 Å². The highest BCUT2D eigenvalue weighted by Crippen LogP contribution is 2.26. The number of H-pyrrole nitrogens is 1. The quantitative estimate of drug-likeness (QED) is 0.828. The first-order chi connectivity index (χ1) is 8.88. The van der Waals surface area contributed by atoms with Crippen molar-refractivity contribution in [3.63, 3.8) is 0 Å². The SMILES string of the molecule is NC(=C(Br)C=Nc1nc2ccccc2[nH]1)C(F)(F)F. The molecule has 0 aliphatic carbocycles. The number of fused-ring (bicyclic) bond motifs is 1. The third-order valence-corrected chi connectivity index (χ3v) is 2.87. The second-order valence-corrected chi connectivity index (χ2v) is 4.45. The van der Waals surface area contributed by atoms with Crippen LogP contribution in [0.3, 0.4) is 0 Å². The maximum absolute atomic E-state index is 12.3. The molecule has 0 spiro atoms. The Morgan fingerprint density at radius 1 is 1.37 bits per heavy atom. The lowest BCUT2D eigenvalue weighted by Crippen LogP contribution is -2.20. The molecule has 1 aromatic heterocycles. The molecule has 1 aromatic carbocycles. The van der Waals surface area contributed by atoms with Crippen molar-refractivity contribution < 1.29 is 13.2 Å². The minimum atomic E-state index is -4.60. The number of allylic oxidation sites excluding steroid dienone is 2. The molecule has 2 rings (SSSR count). The number of aromatic amines is 1. The maximum atomic E-state index is 12.3. The summed E-state index contributed by atoms with van der Waals surface area (Å²) in [5.41, 5.74) is 5.10. The van der Waals surface area contributed by atoms with E-state index in [9.17, 15) is 13.2 Å². The second-order valence-electron chi connectivity index (χ2n) is 3.60. The Bertz CT molecular complexity index is 624. The van der Waals surface area contributed by atoms with Crippen molar-refractivity contribution in [1.82, 2.24) is 9.97 Å². The molecule has 8 heteroatoms. The van der Waals surface area contributed by atoms with Crippen LogP contribution in [0.2, 0.25) is 0 Å². The molecular weight excluding hydrogens is 325 g/mol. The van der Waals surface area contributed by atoms with Gasteiger partial charge in [-0.05, 0) is 28.1 Å². The molecule has 3 N–H and O–H groups in total. The second kappa shape index (κ2) is 5.04. The summed E-state index contributed by atoms with van der Waals surface area (Å²) in [5.74, 6) is 0.202. The summed E-state index contributed by atoms with van der Waals surface area (Å²) in [4.78, 5) is 10.7. The standard InChI is InChI=1S/C11H8BrF3N4/c12-6(9(16)11(13,14)15)5-17-10-18-7-3-1-2-4-8(7)19-10/h1-5H,16H2,(H,18,19). The summed E-state index contributed by atoms with van der Waals surface area (Å²) >= 11 is 2.72. The third-order valence-electron chi connectivity index (χ3n) is 2.24. The zero-order valence-corrected chi connectivity index (χ0v) is 11.0. The zero-order valence-electron chi connectivity index (χ0n) is 9.37. The van der Waals surface area contributed by atoms with Crippen LogP contribution >= 0.6 is 15.9 Å². The maximum Gasteiger partial charge on any atom is 0.431 e. The number of benzene rings is 1. The number of halogens is 4. The highest BCUT2D eigenvalue weighted by Gasteiger charge is 2.33. The smallest absolute Gasteiger partial charge is 0.394 e. The van der Waals surface area contributed by atoms with Gasteiger partial charge in [0.1, 0.15) is 5.70 Å². The first-order valence-electron chi connectivity index (χ1n) is 5.09. The van der Waals surface area contributed by atoms with E-state index in [1.54, 1.807) is 18.2 Å². The van der Waals surface area contributed by atoms with Crippen LogP contribution < -0.4 is 5.73 Å². The monoisotopic (exact) mass is 332 g/mol. The van der Waals surface area contributed by atoms with E-state index >= 15 is 0 Å². The van der Waals surface area contributed by atoms with Crippen molar-refractivity contribution >= 4 is 39.1 Å². The molecule has 0 aliphatic heterocycles. The molecule has 0 bridgehead atoms. The Morgan fingerprint density at radius 3 is 2.68 bits per heavy atom. The minimum Gasteiger partial charge on any atom is -0.394 e. The number of alkyl halides is 3. The summed E-state index contributed by atoms with van der Waals surface area (Å²) in [5, 5.41) is 0. The number of nitrogens with two attached hydrogens (primary N) is 1. The Morgan fingerprint density at radius 2 is 2.05 bits per heavy atom. The Balaban J connectivity index is 2.28. The van der Waals surface area contributed by atoms with Crippen LogP contribution in [0.4, 0.5) is 19.1 Å². The van der Waals surface area contributed by atoms with Gasteiger partial charge in [0.25, 0.3) is 0 Å². The molecule has 0 unspecified atom stereocenters. The number of hydrogen-bond acceptors (Lipinski definition) is 3. The van der Waals surface area contributed by atoms with E-state index in [0.29, 0.717) is 5.52 Å². The predicted octanol–water partition coefficient (Wildman–Crippen LogP) is 3.39. The average molecular weight is 333 g/mol. The number of hydrogen-bond donors (Lipinski definition) is 2. The van der Waals surface area contributed by atoms with Gasteiger partial charge in [0.2, 0.25) is 5.95 Å². The Labute approximate surface area is 114 Å². The number of para-hydroxylation sites is 2. The summed E-state index contributed by atoms with van der Waals surface area (Å²) < 4.78 is 36.5. The number of nitrogens with one attached hydrogen (secondary N) is 1. The summed E-state index contributed by atoms with van der Waals surface area (Å²) in [6.07, 6.45) is -3.64. The lowest BCUT2D eigenvalue weighted by atomic mass is 10.3.